The van der Waals surface area contributed by atoms with Crippen LogP contribution in [0.3, 0.4) is 0 Å². The maximum atomic E-state index is 13.2. The van der Waals surface area contributed by atoms with Crippen LogP contribution in [0.1, 0.15) is 13.8 Å². The maximum absolute atomic E-state index is 13.2. The van der Waals surface area contributed by atoms with E-state index in [1.54, 1.807) is 24.3 Å². The number of benzene rings is 2. The number of halogens is 3. The smallest absolute Gasteiger partial charge is 0.194 e. The third-order valence-corrected chi connectivity index (χ3v) is 2.52. The molecule has 0 unspecified atom stereocenters. The highest BCUT2D eigenvalue weighted by atomic mass is 19.2. The first-order valence-electron chi connectivity index (χ1n) is 5.89. The first-order valence-corrected chi connectivity index (χ1v) is 5.89. The van der Waals surface area contributed by atoms with Gasteiger partial charge in [0.1, 0.15) is 5.75 Å². The Labute approximate surface area is 109 Å². The summed E-state index contributed by atoms with van der Waals surface area (Å²) >= 11 is 0. The van der Waals surface area contributed by atoms with E-state index in [-0.39, 0.29) is 11.7 Å². The fraction of sp³-hybridized carbons (Fsp3) is 0.200. The molecule has 4 heteroatoms. The Hall–Kier alpha value is -1.97. The highest BCUT2D eigenvalue weighted by Crippen LogP contribution is 2.27. The molecule has 0 aliphatic carbocycles. The topological polar surface area (TPSA) is 9.23 Å². The van der Waals surface area contributed by atoms with Gasteiger partial charge in [-0.2, -0.15) is 0 Å². The van der Waals surface area contributed by atoms with Gasteiger partial charge in [-0.25, -0.2) is 13.2 Å². The third kappa shape index (κ3) is 3.08. The quantitative estimate of drug-likeness (QED) is 0.740. The van der Waals surface area contributed by atoms with Gasteiger partial charge in [-0.3, -0.25) is 0 Å². The molecule has 0 atom stereocenters. The van der Waals surface area contributed by atoms with E-state index in [1.165, 1.54) is 0 Å². The molecule has 0 amide bonds. The van der Waals surface area contributed by atoms with E-state index in [0.717, 1.165) is 12.1 Å². The van der Waals surface area contributed by atoms with Gasteiger partial charge in [0.15, 0.2) is 17.5 Å². The van der Waals surface area contributed by atoms with Crippen LogP contribution in [0.5, 0.6) is 5.75 Å². The van der Waals surface area contributed by atoms with E-state index < -0.39 is 17.5 Å². The largest absolute Gasteiger partial charge is 0.491 e. The van der Waals surface area contributed by atoms with Crippen LogP contribution in [0, 0.1) is 17.5 Å². The Balaban J connectivity index is 2.41. The van der Waals surface area contributed by atoms with Gasteiger partial charge in [0.2, 0.25) is 0 Å². The molecule has 0 aliphatic rings. The molecular formula is C15H13F3O. The minimum Gasteiger partial charge on any atom is -0.491 e. The summed E-state index contributed by atoms with van der Waals surface area (Å²) in [6.07, 6.45) is -0.00283. The lowest BCUT2D eigenvalue weighted by atomic mass is 10.0. The molecular weight excluding hydrogens is 253 g/mol. The lowest BCUT2D eigenvalue weighted by Crippen LogP contribution is -2.05. The average Bonchev–Trinajstić information content (AvgIpc) is 2.35. The molecule has 0 saturated carbocycles. The summed E-state index contributed by atoms with van der Waals surface area (Å²) in [6.45, 7) is 3.76. The summed E-state index contributed by atoms with van der Waals surface area (Å²) in [7, 11) is 0. The van der Waals surface area contributed by atoms with Gasteiger partial charge < -0.3 is 4.74 Å². The molecule has 0 heterocycles. The van der Waals surface area contributed by atoms with Gasteiger partial charge in [0, 0.05) is 0 Å². The van der Waals surface area contributed by atoms with E-state index in [0.29, 0.717) is 11.3 Å². The van der Waals surface area contributed by atoms with E-state index >= 15 is 0 Å². The first kappa shape index (κ1) is 13.5. The van der Waals surface area contributed by atoms with Crippen LogP contribution in [0.2, 0.25) is 0 Å². The second-order valence-corrected chi connectivity index (χ2v) is 4.45. The van der Waals surface area contributed by atoms with Crippen LogP contribution >= 0.6 is 0 Å². The van der Waals surface area contributed by atoms with E-state index in [4.69, 9.17) is 4.74 Å². The average molecular weight is 266 g/mol. The third-order valence-electron chi connectivity index (χ3n) is 2.52. The van der Waals surface area contributed by atoms with Crippen LogP contribution in [0.4, 0.5) is 13.2 Å². The highest BCUT2D eigenvalue weighted by molar-refractivity contribution is 5.65. The van der Waals surface area contributed by atoms with Crippen molar-refractivity contribution in [3.8, 4) is 16.9 Å². The van der Waals surface area contributed by atoms with Gasteiger partial charge in [0.25, 0.3) is 0 Å². The van der Waals surface area contributed by atoms with Crippen LogP contribution in [-0.4, -0.2) is 6.10 Å². The molecule has 2 rings (SSSR count). The summed E-state index contributed by atoms with van der Waals surface area (Å²) in [5.74, 6) is -3.27. The molecule has 0 aromatic heterocycles. The van der Waals surface area contributed by atoms with Crippen molar-refractivity contribution >= 4 is 0 Å². The lowest BCUT2D eigenvalue weighted by Gasteiger charge is -2.11. The Kier molecular flexibility index (Phi) is 3.79. The molecule has 0 spiro atoms. The van der Waals surface area contributed by atoms with Gasteiger partial charge in [0.05, 0.1) is 6.10 Å². The van der Waals surface area contributed by atoms with Crippen molar-refractivity contribution in [3.63, 3.8) is 0 Å². The minimum absolute atomic E-state index is 0.00283. The first-order chi connectivity index (χ1) is 8.97. The molecule has 100 valence electrons. The lowest BCUT2D eigenvalue weighted by molar-refractivity contribution is 0.242. The van der Waals surface area contributed by atoms with Crippen molar-refractivity contribution in [1.82, 2.24) is 0 Å². The van der Waals surface area contributed by atoms with E-state index in [1.807, 2.05) is 13.8 Å². The van der Waals surface area contributed by atoms with Crippen molar-refractivity contribution in [3.05, 3.63) is 53.8 Å². The zero-order valence-electron chi connectivity index (χ0n) is 10.6. The predicted octanol–water partition coefficient (Wildman–Crippen LogP) is 4.56. The Morgan fingerprint density at radius 2 is 1.53 bits per heavy atom. The summed E-state index contributed by atoms with van der Waals surface area (Å²) in [5, 5.41) is 0. The van der Waals surface area contributed by atoms with Crippen molar-refractivity contribution in [2.24, 2.45) is 0 Å². The molecule has 0 N–H and O–H groups in total. The van der Waals surface area contributed by atoms with Crippen molar-refractivity contribution < 1.29 is 17.9 Å². The van der Waals surface area contributed by atoms with Gasteiger partial charge in [-0.15, -0.1) is 0 Å². The summed E-state index contributed by atoms with van der Waals surface area (Å²) in [4.78, 5) is 0. The maximum Gasteiger partial charge on any atom is 0.194 e. The molecule has 0 radical (unpaired) electrons. The molecule has 0 bridgehead atoms. The molecule has 0 saturated heterocycles. The fourth-order valence-corrected chi connectivity index (χ4v) is 1.74. The molecule has 2 aromatic carbocycles. The van der Waals surface area contributed by atoms with Crippen molar-refractivity contribution in [2.75, 3.05) is 0 Å². The molecule has 0 aliphatic heterocycles. The standard InChI is InChI=1S/C15H13F3O/c1-9(2)19-12-5-3-4-10(6-12)11-7-13(16)15(18)14(17)8-11/h3-9H,1-2H3. The van der Waals surface area contributed by atoms with Crippen molar-refractivity contribution in [2.45, 2.75) is 20.0 Å². The zero-order valence-corrected chi connectivity index (χ0v) is 10.6. The molecule has 0 fully saturated rings. The molecule has 2 aromatic rings. The van der Waals surface area contributed by atoms with E-state index in [2.05, 4.69) is 0 Å². The van der Waals surface area contributed by atoms with Gasteiger partial charge in [-0.05, 0) is 49.2 Å². The highest BCUT2D eigenvalue weighted by Gasteiger charge is 2.12. The minimum atomic E-state index is -1.46. The van der Waals surface area contributed by atoms with Crippen LogP contribution in [0.25, 0.3) is 11.1 Å². The van der Waals surface area contributed by atoms with Crippen LogP contribution in [-0.2, 0) is 0 Å². The summed E-state index contributed by atoms with van der Waals surface area (Å²) < 4.78 is 44.8. The van der Waals surface area contributed by atoms with Crippen LogP contribution < -0.4 is 4.74 Å². The second-order valence-electron chi connectivity index (χ2n) is 4.45. The zero-order chi connectivity index (χ0) is 14.0. The van der Waals surface area contributed by atoms with Crippen LogP contribution in [0.15, 0.2) is 36.4 Å². The van der Waals surface area contributed by atoms with Gasteiger partial charge >= 0.3 is 0 Å². The number of rotatable bonds is 3. The number of ether oxygens (including phenoxy) is 1. The summed E-state index contributed by atoms with van der Waals surface area (Å²) in [5.41, 5.74) is 0.835. The van der Waals surface area contributed by atoms with Gasteiger partial charge in [-0.1, -0.05) is 12.1 Å². The van der Waals surface area contributed by atoms with E-state index in [9.17, 15) is 13.2 Å². The second kappa shape index (κ2) is 5.34. The summed E-state index contributed by atoms with van der Waals surface area (Å²) in [6, 6.07) is 8.73. The predicted molar refractivity (Wildman–Crippen MR) is 67.5 cm³/mol. The Morgan fingerprint density at radius 1 is 0.895 bits per heavy atom. The molecule has 1 nitrogen and oxygen atoms in total. The SMILES string of the molecule is CC(C)Oc1cccc(-c2cc(F)c(F)c(F)c2)c1. The Morgan fingerprint density at radius 3 is 2.11 bits per heavy atom. The fourth-order valence-electron chi connectivity index (χ4n) is 1.74. The number of hydrogen-bond donors (Lipinski definition) is 0. The Bertz CT molecular complexity index is 571. The molecule has 19 heavy (non-hydrogen) atoms. The van der Waals surface area contributed by atoms with Crippen molar-refractivity contribution in [1.29, 1.82) is 0 Å². The monoisotopic (exact) mass is 266 g/mol. The normalized spacial score (nSPS) is 10.8. The number of hydrogen-bond acceptors (Lipinski definition) is 1.